The number of allylic oxidation sites excluding steroid dienone is 4. The number of aliphatic hydroxyl groups is 2. The molecule has 2 aromatic rings. The molecule has 1 heterocycles. The summed E-state index contributed by atoms with van der Waals surface area (Å²) >= 11 is 0. The van der Waals surface area contributed by atoms with Crippen LogP contribution in [-0.2, 0) is 19.0 Å². The van der Waals surface area contributed by atoms with Crippen molar-refractivity contribution in [2.24, 2.45) is 5.41 Å². The van der Waals surface area contributed by atoms with E-state index >= 15 is 0 Å². The Balaban J connectivity index is 0.000000577. The third-order valence-corrected chi connectivity index (χ3v) is 7.61. The Kier molecular flexibility index (Phi) is 19.4. The van der Waals surface area contributed by atoms with Gasteiger partial charge in [0.25, 0.3) is 0 Å². The molecule has 2 aromatic carbocycles. The van der Waals surface area contributed by atoms with Gasteiger partial charge in [-0.15, -0.1) is 0 Å². The molecule has 0 aliphatic carbocycles. The molecule has 1 aliphatic rings. The van der Waals surface area contributed by atoms with Gasteiger partial charge < -0.3 is 24.4 Å². The molecule has 0 spiro atoms. The zero-order valence-electron chi connectivity index (χ0n) is 27.6. The molecular formula is C38H50O9. The quantitative estimate of drug-likeness (QED) is 0.0474. The molecule has 0 fully saturated rings. The van der Waals surface area contributed by atoms with E-state index in [2.05, 4.69) is 36.0 Å². The lowest BCUT2D eigenvalue weighted by Gasteiger charge is -2.28. The van der Waals surface area contributed by atoms with Crippen molar-refractivity contribution in [1.82, 2.24) is 0 Å². The number of ether oxygens (including phenoxy) is 3. The van der Waals surface area contributed by atoms with E-state index in [-0.39, 0.29) is 19.2 Å². The second kappa shape index (κ2) is 23.3. The highest BCUT2D eigenvalue weighted by molar-refractivity contribution is 6.14. The number of benzene rings is 2. The molecule has 0 amide bonds. The Hall–Kier alpha value is -4.08. The number of cyclic esters (lactones) is 2. The Bertz CT molecular complexity index is 1250. The van der Waals surface area contributed by atoms with Crippen molar-refractivity contribution in [1.29, 1.82) is 0 Å². The largest absolute Gasteiger partial charge is 0.465 e. The molecule has 256 valence electrons. The number of carbonyl (C=O) groups is 4. The van der Waals surface area contributed by atoms with Crippen molar-refractivity contribution in [2.75, 3.05) is 26.4 Å². The molecule has 0 atom stereocenters. The fraction of sp³-hybridized carbons (Fsp3) is 0.474. The lowest BCUT2D eigenvalue weighted by molar-refractivity contribution is -0.151. The van der Waals surface area contributed by atoms with E-state index in [1.54, 1.807) is 54.6 Å². The van der Waals surface area contributed by atoms with Gasteiger partial charge in [0.1, 0.15) is 13.2 Å². The van der Waals surface area contributed by atoms with Gasteiger partial charge in [-0.3, -0.25) is 4.79 Å². The molecule has 0 aromatic heterocycles. The van der Waals surface area contributed by atoms with E-state index in [9.17, 15) is 29.4 Å². The average Bonchev–Trinajstić information content (AvgIpc) is 3.40. The Morgan fingerprint density at radius 2 is 1.23 bits per heavy atom. The maximum absolute atomic E-state index is 12.1. The minimum absolute atomic E-state index is 0.207. The van der Waals surface area contributed by atoms with Gasteiger partial charge in [-0.1, -0.05) is 93.7 Å². The minimum Gasteiger partial charge on any atom is -0.465 e. The summed E-state index contributed by atoms with van der Waals surface area (Å²) < 4.78 is 14.9. The summed E-state index contributed by atoms with van der Waals surface area (Å²) in [6.45, 7) is 0.831. The van der Waals surface area contributed by atoms with Crippen LogP contribution in [0, 0.1) is 5.41 Å². The first-order chi connectivity index (χ1) is 22.9. The number of rotatable bonds is 21. The van der Waals surface area contributed by atoms with Crippen LogP contribution in [0.15, 0.2) is 78.9 Å². The van der Waals surface area contributed by atoms with Crippen LogP contribution in [0.2, 0.25) is 0 Å². The fourth-order valence-electron chi connectivity index (χ4n) is 4.57. The zero-order valence-corrected chi connectivity index (χ0v) is 27.6. The maximum atomic E-state index is 12.1. The van der Waals surface area contributed by atoms with Crippen LogP contribution in [-0.4, -0.2) is 60.5 Å². The standard InChI is InChI=1S/C30H46O6.C8H4O3/c1-2-3-4-5-6-7-8-9-10-11-12-13-14-15-19-22-28(33)35-25-30(23-31,24-32)26-36-29(34)27-20-17-16-18-21-27;9-7-5-3-1-2-4-6(5)8(10)11-7/h6-7,9-10,16-18,20-21,31-32H,2-5,8,11-15,19,22-26H2,1H3;1-4H/b7-6-,10-9-;. The fourth-order valence-corrected chi connectivity index (χ4v) is 4.57. The lowest BCUT2D eigenvalue weighted by atomic mass is 9.92. The minimum atomic E-state index is -1.22. The third-order valence-electron chi connectivity index (χ3n) is 7.61. The summed E-state index contributed by atoms with van der Waals surface area (Å²) in [4.78, 5) is 45.9. The van der Waals surface area contributed by atoms with Crippen LogP contribution in [0.1, 0.15) is 115 Å². The molecule has 0 bridgehead atoms. The highest BCUT2D eigenvalue weighted by Gasteiger charge is 2.33. The van der Waals surface area contributed by atoms with Gasteiger partial charge in [-0.25, -0.2) is 14.4 Å². The van der Waals surface area contributed by atoms with Crippen LogP contribution in [0.3, 0.4) is 0 Å². The van der Waals surface area contributed by atoms with Gasteiger partial charge >= 0.3 is 23.9 Å². The van der Waals surface area contributed by atoms with E-state index in [1.807, 2.05) is 0 Å². The summed E-state index contributed by atoms with van der Waals surface area (Å²) in [5.74, 6) is -2.03. The Morgan fingerprint density at radius 3 is 1.83 bits per heavy atom. The number of hydrogen-bond donors (Lipinski definition) is 2. The topological polar surface area (TPSA) is 136 Å². The predicted molar refractivity (Wildman–Crippen MR) is 180 cm³/mol. The van der Waals surface area contributed by atoms with E-state index in [0.29, 0.717) is 23.1 Å². The molecule has 0 unspecified atom stereocenters. The second-order valence-electron chi connectivity index (χ2n) is 11.6. The van der Waals surface area contributed by atoms with Gasteiger partial charge in [0.05, 0.1) is 35.3 Å². The van der Waals surface area contributed by atoms with Crippen molar-refractivity contribution in [3.05, 3.63) is 95.6 Å². The molecule has 9 heteroatoms. The maximum Gasteiger partial charge on any atom is 0.346 e. The van der Waals surface area contributed by atoms with Crippen molar-refractivity contribution >= 4 is 23.9 Å². The Labute approximate surface area is 278 Å². The molecule has 2 N–H and O–H groups in total. The van der Waals surface area contributed by atoms with Crippen LogP contribution >= 0.6 is 0 Å². The van der Waals surface area contributed by atoms with Gasteiger partial charge in [0.15, 0.2) is 0 Å². The normalized spacial score (nSPS) is 12.5. The molecule has 0 radical (unpaired) electrons. The number of fused-ring (bicyclic) bond motifs is 1. The predicted octanol–water partition coefficient (Wildman–Crippen LogP) is 7.17. The van der Waals surface area contributed by atoms with Gasteiger partial charge in [0.2, 0.25) is 0 Å². The van der Waals surface area contributed by atoms with Gasteiger partial charge in [-0.05, 0) is 62.8 Å². The van der Waals surface area contributed by atoms with Crippen molar-refractivity contribution < 1.29 is 43.6 Å². The Morgan fingerprint density at radius 1 is 0.702 bits per heavy atom. The number of unbranched alkanes of at least 4 members (excludes halogenated alkanes) is 8. The first-order valence-electron chi connectivity index (χ1n) is 16.6. The smallest absolute Gasteiger partial charge is 0.346 e. The van der Waals surface area contributed by atoms with Gasteiger partial charge in [0, 0.05) is 6.42 Å². The average molecular weight is 651 g/mol. The molecular weight excluding hydrogens is 600 g/mol. The van der Waals surface area contributed by atoms with Crippen LogP contribution in [0.4, 0.5) is 0 Å². The van der Waals surface area contributed by atoms with Crippen molar-refractivity contribution in [2.45, 2.75) is 84.0 Å². The lowest BCUT2D eigenvalue weighted by Crippen LogP contribution is -2.41. The first-order valence-corrected chi connectivity index (χ1v) is 16.6. The van der Waals surface area contributed by atoms with E-state index in [4.69, 9.17) is 9.47 Å². The molecule has 0 saturated carbocycles. The van der Waals surface area contributed by atoms with Crippen molar-refractivity contribution in [3.8, 4) is 0 Å². The molecule has 3 rings (SSSR count). The zero-order chi connectivity index (χ0) is 34.2. The highest BCUT2D eigenvalue weighted by Crippen LogP contribution is 2.20. The first kappa shape index (κ1) is 39.1. The SMILES string of the molecule is CCCCC/C=C\C/C=C\CCCCCCCC(=O)OCC(CO)(CO)COC(=O)c1ccccc1.O=C1OC(=O)c2ccccc21. The summed E-state index contributed by atoms with van der Waals surface area (Å²) in [5, 5.41) is 19.5. The van der Waals surface area contributed by atoms with E-state index < -0.39 is 36.5 Å². The number of esters is 4. The molecule has 1 aliphatic heterocycles. The molecule has 0 saturated heterocycles. The van der Waals surface area contributed by atoms with E-state index in [1.165, 1.54) is 25.7 Å². The third kappa shape index (κ3) is 15.4. The number of aliphatic hydroxyl groups excluding tert-OH is 2. The molecule has 9 nitrogen and oxygen atoms in total. The number of hydrogen-bond acceptors (Lipinski definition) is 9. The molecule has 47 heavy (non-hydrogen) atoms. The number of carbonyl (C=O) groups excluding carboxylic acids is 4. The van der Waals surface area contributed by atoms with Crippen LogP contribution in [0.5, 0.6) is 0 Å². The van der Waals surface area contributed by atoms with Crippen LogP contribution < -0.4 is 0 Å². The highest BCUT2D eigenvalue weighted by atomic mass is 16.6. The summed E-state index contributed by atoms with van der Waals surface area (Å²) in [7, 11) is 0. The summed E-state index contributed by atoms with van der Waals surface area (Å²) in [6, 6.07) is 15.0. The van der Waals surface area contributed by atoms with Crippen LogP contribution in [0.25, 0.3) is 0 Å². The van der Waals surface area contributed by atoms with E-state index in [0.717, 1.165) is 44.9 Å². The van der Waals surface area contributed by atoms with Gasteiger partial charge in [-0.2, -0.15) is 0 Å². The second-order valence-corrected chi connectivity index (χ2v) is 11.6. The van der Waals surface area contributed by atoms with Crippen molar-refractivity contribution in [3.63, 3.8) is 0 Å². The monoisotopic (exact) mass is 650 g/mol. The summed E-state index contributed by atoms with van der Waals surface area (Å²) in [5.41, 5.74) is -0.131. The summed E-state index contributed by atoms with van der Waals surface area (Å²) in [6.07, 6.45) is 21.5.